The molecule has 0 aromatic heterocycles. The molecular formula is C15H14ClNO4S. The first-order valence-corrected chi connectivity index (χ1v) is 8.45. The van der Waals surface area contributed by atoms with Crippen molar-refractivity contribution in [2.75, 3.05) is 13.7 Å². The van der Waals surface area contributed by atoms with Crippen LogP contribution in [0, 0.1) is 0 Å². The second-order valence-electron chi connectivity index (χ2n) is 4.82. The molecule has 5 nitrogen and oxygen atoms in total. The molecule has 0 fully saturated rings. The topological polar surface area (TPSA) is 64.6 Å². The molecule has 1 aliphatic rings. The number of para-hydroxylation sites is 1. The van der Waals surface area contributed by atoms with Crippen molar-refractivity contribution in [3.05, 3.63) is 53.1 Å². The van der Waals surface area contributed by atoms with Gasteiger partial charge in [-0.15, -0.1) is 0 Å². The Morgan fingerprint density at radius 2 is 2.05 bits per heavy atom. The van der Waals surface area contributed by atoms with Gasteiger partial charge in [-0.2, -0.15) is 0 Å². The molecule has 3 rings (SSSR count). The summed E-state index contributed by atoms with van der Waals surface area (Å²) >= 11 is 5.99. The molecule has 1 aliphatic heterocycles. The Kier molecular flexibility index (Phi) is 3.99. The molecule has 0 saturated heterocycles. The van der Waals surface area contributed by atoms with Gasteiger partial charge in [-0.3, -0.25) is 0 Å². The van der Waals surface area contributed by atoms with Crippen molar-refractivity contribution in [1.29, 1.82) is 0 Å². The lowest BCUT2D eigenvalue weighted by Gasteiger charge is -2.13. The predicted octanol–water partition coefficient (Wildman–Crippen LogP) is 2.76. The Labute approximate surface area is 133 Å². The van der Waals surface area contributed by atoms with Gasteiger partial charge in [0.1, 0.15) is 18.1 Å². The monoisotopic (exact) mass is 339 g/mol. The van der Waals surface area contributed by atoms with Gasteiger partial charge >= 0.3 is 0 Å². The van der Waals surface area contributed by atoms with Gasteiger partial charge in [0.25, 0.3) is 0 Å². The van der Waals surface area contributed by atoms with E-state index in [-0.39, 0.29) is 16.5 Å². The maximum Gasteiger partial charge on any atom is 0.241 e. The smallest absolute Gasteiger partial charge is 0.241 e. The minimum absolute atomic E-state index is 0.0858. The summed E-state index contributed by atoms with van der Waals surface area (Å²) in [4.78, 5) is 0.0858. The van der Waals surface area contributed by atoms with Crippen molar-refractivity contribution in [1.82, 2.24) is 4.72 Å². The van der Waals surface area contributed by atoms with Crippen molar-refractivity contribution in [2.45, 2.75) is 10.9 Å². The van der Waals surface area contributed by atoms with E-state index in [0.717, 1.165) is 5.56 Å². The van der Waals surface area contributed by atoms with Crippen molar-refractivity contribution in [2.24, 2.45) is 0 Å². The summed E-state index contributed by atoms with van der Waals surface area (Å²) in [5, 5.41) is 0.244. The van der Waals surface area contributed by atoms with E-state index in [4.69, 9.17) is 21.1 Å². The number of methoxy groups -OCH3 is 1. The van der Waals surface area contributed by atoms with E-state index < -0.39 is 16.1 Å². The van der Waals surface area contributed by atoms with Gasteiger partial charge in [0.05, 0.1) is 23.1 Å². The van der Waals surface area contributed by atoms with Gasteiger partial charge in [-0.1, -0.05) is 29.8 Å². The van der Waals surface area contributed by atoms with E-state index in [0.29, 0.717) is 11.5 Å². The van der Waals surface area contributed by atoms with E-state index in [9.17, 15) is 8.42 Å². The van der Waals surface area contributed by atoms with E-state index in [2.05, 4.69) is 4.72 Å². The highest BCUT2D eigenvalue weighted by Gasteiger charge is 2.28. The number of fused-ring (bicyclic) bond motifs is 1. The molecule has 0 aliphatic carbocycles. The minimum atomic E-state index is -3.70. The van der Waals surface area contributed by atoms with Gasteiger partial charge < -0.3 is 9.47 Å². The zero-order chi connectivity index (χ0) is 15.7. The zero-order valence-electron chi connectivity index (χ0n) is 11.7. The first-order chi connectivity index (χ1) is 10.5. The van der Waals surface area contributed by atoms with Crippen LogP contribution in [0.3, 0.4) is 0 Å². The Morgan fingerprint density at radius 3 is 2.77 bits per heavy atom. The molecule has 2 aromatic rings. The second kappa shape index (κ2) is 5.79. The fourth-order valence-electron chi connectivity index (χ4n) is 2.33. The van der Waals surface area contributed by atoms with Crippen LogP contribution >= 0.6 is 11.6 Å². The van der Waals surface area contributed by atoms with Crippen LogP contribution in [-0.4, -0.2) is 22.1 Å². The Morgan fingerprint density at radius 1 is 1.27 bits per heavy atom. The molecule has 1 N–H and O–H groups in total. The Bertz CT molecular complexity index is 807. The molecule has 0 bridgehead atoms. The molecule has 116 valence electrons. The lowest BCUT2D eigenvalue weighted by atomic mass is 10.1. The second-order valence-corrected chi connectivity index (χ2v) is 6.94. The van der Waals surface area contributed by atoms with Gasteiger partial charge in [-0.05, 0) is 24.3 Å². The number of rotatable bonds is 4. The van der Waals surface area contributed by atoms with Crippen molar-refractivity contribution in [3.63, 3.8) is 0 Å². The third-order valence-electron chi connectivity index (χ3n) is 3.43. The molecule has 0 amide bonds. The normalized spacial score (nSPS) is 16.9. The van der Waals surface area contributed by atoms with Gasteiger partial charge in [0.15, 0.2) is 0 Å². The molecule has 1 atom stereocenters. The van der Waals surface area contributed by atoms with Crippen molar-refractivity contribution >= 4 is 21.6 Å². The highest BCUT2D eigenvalue weighted by Crippen LogP contribution is 2.33. The maximum absolute atomic E-state index is 12.5. The number of halogens is 1. The SMILES string of the molecule is COc1ccc(S(=O)(=O)NC2COc3ccccc32)cc1Cl. The first kappa shape index (κ1) is 15.1. The summed E-state index contributed by atoms with van der Waals surface area (Å²) in [6.07, 6.45) is 0. The predicted molar refractivity (Wildman–Crippen MR) is 83.0 cm³/mol. The van der Waals surface area contributed by atoms with Crippen LogP contribution < -0.4 is 14.2 Å². The zero-order valence-corrected chi connectivity index (χ0v) is 13.3. The first-order valence-electron chi connectivity index (χ1n) is 6.59. The Hall–Kier alpha value is -1.76. The van der Waals surface area contributed by atoms with Crippen LogP contribution in [0.25, 0.3) is 0 Å². The molecule has 22 heavy (non-hydrogen) atoms. The maximum atomic E-state index is 12.5. The molecule has 0 saturated carbocycles. The molecule has 7 heteroatoms. The number of benzene rings is 2. The average Bonchev–Trinajstić information content (AvgIpc) is 2.90. The third kappa shape index (κ3) is 2.77. The van der Waals surface area contributed by atoms with Crippen LogP contribution in [0.5, 0.6) is 11.5 Å². The van der Waals surface area contributed by atoms with Crippen LogP contribution in [0.15, 0.2) is 47.4 Å². The minimum Gasteiger partial charge on any atom is -0.495 e. The van der Waals surface area contributed by atoms with Crippen molar-refractivity contribution < 1.29 is 17.9 Å². The standard InChI is InChI=1S/C15H14ClNO4S/c1-20-15-7-6-10(8-12(15)16)22(18,19)17-13-9-21-14-5-3-2-4-11(13)14/h2-8,13,17H,9H2,1H3. The highest BCUT2D eigenvalue weighted by atomic mass is 35.5. The number of sulfonamides is 1. The average molecular weight is 340 g/mol. The largest absolute Gasteiger partial charge is 0.495 e. The fraction of sp³-hybridized carbons (Fsp3) is 0.200. The summed E-state index contributed by atoms with van der Waals surface area (Å²) in [6.45, 7) is 0.266. The summed E-state index contributed by atoms with van der Waals surface area (Å²) in [5.74, 6) is 1.12. The lowest BCUT2D eigenvalue weighted by molar-refractivity contribution is 0.325. The quantitative estimate of drug-likeness (QED) is 0.930. The van der Waals surface area contributed by atoms with Crippen LogP contribution in [0.1, 0.15) is 11.6 Å². The number of hydrogen-bond donors (Lipinski definition) is 1. The molecule has 2 aromatic carbocycles. The van der Waals surface area contributed by atoms with Crippen molar-refractivity contribution in [3.8, 4) is 11.5 Å². The van der Waals surface area contributed by atoms with Crippen LogP contribution in [-0.2, 0) is 10.0 Å². The third-order valence-corrected chi connectivity index (χ3v) is 5.20. The highest BCUT2D eigenvalue weighted by molar-refractivity contribution is 7.89. The van der Waals surface area contributed by atoms with Crippen LogP contribution in [0.2, 0.25) is 5.02 Å². The van der Waals surface area contributed by atoms with Gasteiger partial charge in [0, 0.05) is 5.56 Å². The van der Waals surface area contributed by atoms with Crippen LogP contribution in [0.4, 0.5) is 0 Å². The summed E-state index contributed by atoms with van der Waals surface area (Å²) < 4.78 is 38.1. The van der Waals surface area contributed by atoms with E-state index >= 15 is 0 Å². The molecule has 1 heterocycles. The number of ether oxygens (including phenoxy) is 2. The number of nitrogens with one attached hydrogen (secondary N) is 1. The summed E-state index contributed by atoms with van der Waals surface area (Å²) in [6, 6.07) is 11.3. The van der Waals surface area contributed by atoms with E-state index in [1.807, 2.05) is 24.3 Å². The molecule has 1 unspecified atom stereocenters. The summed E-state index contributed by atoms with van der Waals surface area (Å²) in [7, 11) is -2.23. The molecule has 0 spiro atoms. The van der Waals surface area contributed by atoms with E-state index in [1.54, 1.807) is 0 Å². The number of hydrogen-bond acceptors (Lipinski definition) is 4. The van der Waals surface area contributed by atoms with Gasteiger partial charge in [0.2, 0.25) is 10.0 Å². The Balaban J connectivity index is 1.87. The van der Waals surface area contributed by atoms with E-state index in [1.165, 1.54) is 25.3 Å². The molecular weight excluding hydrogens is 326 g/mol. The fourth-order valence-corrected chi connectivity index (χ4v) is 3.88. The van der Waals surface area contributed by atoms with Gasteiger partial charge in [-0.25, -0.2) is 13.1 Å². The summed E-state index contributed by atoms with van der Waals surface area (Å²) in [5.41, 5.74) is 0.825. The molecule has 0 radical (unpaired) electrons. The lowest BCUT2D eigenvalue weighted by Crippen LogP contribution is -2.29.